The average Bonchev–Trinajstić information content (AvgIpc) is 2.09. The van der Waals surface area contributed by atoms with Gasteiger partial charge in [0.1, 0.15) is 0 Å². The zero-order valence-corrected chi connectivity index (χ0v) is 9.67. The van der Waals surface area contributed by atoms with Crippen LogP contribution in [-0.4, -0.2) is 6.67 Å². The summed E-state index contributed by atoms with van der Waals surface area (Å²) in [4.78, 5) is 0. The van der Waals surface area contributed by atoms with Gasteiger partial charge in [-0.05, 0) is 30.2 Å². The number of hydrogen-bond acceptors (Lipinski definition) is 1. The molecule has 0 radical (unpaired) electrons. The van der Waals surface area contributed by atoms with Crippen LogP contribution in [0.2, 0.25) is 10.0 Å². The number of nitrogens with two attached hydrogens (primary N) is 1. The van der Waals surface area contributed by atoms with Gasteiger partial charge in [0.2, 0.25) is 0 Å². The van der Waals surface area contributed by atoms with Crippen molar-refractivity contribution in [2.45, 2.75) is 12.5 Å². The van der Waals surface area contributed by atoms with Crippen LogP contribution in [0.15, 0.2) is 18.2 Å². The Labute approximate surface area is 98.8 Å². The molecule has 0 aromatic heterocycles. The molecule has 2 N–H and O–H groups in total. The maximum absolute atomic E-state index is 12.0. The van der Waals surface area contributed by atoms with Gasteiger partial charge in [-0.25, -0.2) is 0 Å². The fourth-order valence-electron chi connectivity index (χ4n) is 1.07. The zero-order chi connectivity index (χ0) is 9.84. The zero-order valence-electron chi connectivity index (χ0n) is 7.34. The lowest BCUT2D eigenvalue weighted by Crippen LogP contribution is -2.11. The predicted molar refractivity (Wildman–Crippen MR) is 61.2 cm³/mol. The number of halogens is 4. The molecule has 80 valence electrons. The molecule has 0 saturated carbocycles. The summed E-state index contributed by atoms with van der Waals surface area (Å²) >= 11 is 11.6. The summed E-state index contributed by atoms with van der Waals surface area (Å²) in [6, 6.07) is 4.63. The molecule has 0 aliphatic rings. The molecule has 0 fully saturated rings. The summed E-state index contributed by atoms with van der Waals surface area (Å²) in [5.41, 5.74) is 6.39. The van der Waals surface area contributed by atoms with Gasteiger partial charge < -0.3 is 5.73 Å². The van der Waals surface area contributed by atoms with E-state index in [1.165, 1.54) is 0 Å². The Hall–Kier alpha value is -0.0200. The third-order valence-corrected chi connectivity index (χ3v) is 2.36. The van der Waals surface area contributed by atoms with Crippen LogP contribution in [0.25, 0.3) is 0 Å². The molecule has 14 heavy (non-hydrogen) atoms. The van der Waals surface area contributed by atoms with Crippen LogP contribution in [0.3, 0.4) is 0 Å². The summed E-state index contributed by atoms with van der Waals surface area (Å²) in [7, 11) is 0. The molecule has 0 amide bonds. The van der Waals surface area contributed by atoms with Crippen molar-refractivity contribution in [3.05, 3.63) is 33.8 Å². The summed E-state index contributed by atoms with van der Waals surface area (Å²) in [6.07, 6.45) is 0.264. The van der Waals surface area contributed by atoms with Crippen molar-refractivity contribution in [3.63, 3.8) is 0 Å². The van der Waals surface area contributed by atoms with E-state index in [4.69, 9.17) is 28.9 Å². The van der Waals surface area contributed by atoms with Crippen molar-refractivity contribution >= 4 is 35.6 Å². The number of rotatable bonds is 3. The fourth-order valence-corrected chi connectivity index (χ4v) is 1.51. The van der Waals surface area contributed by atoms with Gasteiger partial charge in [0.15, 0.2) is 0 Å². The highest BCUT2D eigenvalue weighted by atomic mass is 35.5. The van der Waals surface area contributed by atoms with Crippen molar-refractivity contribution in [1.82, 2.24) is 0 Å². The van der Waals surface area contributed by atoms with E-state index in [-0.39, 0.29) is 24.9 Å². The third-order valence-electron chi connectivity index (χ3n) is 1.78. The van der Waals surface area contributed by atoms with Crippen molar-refractivity contribution in [2.75, 3.05) is 6.67 Å². The molecule has 0 bridgehead atoms. The number of benzene rings is 1. The minimum Gasteiger partial charge on any atom is -0.324 e. The average molecular weight is 259 g/mol. The molecule has 1 aromatic carbocycles. The van der Waals surface area contributed by atoms with E-state index in [1.807, 2.05) is 0 Å². The monoisotopic (exact) mass is 257 g/mol. The second kappa shape index (κ2) is 6.46. The first-order chi connectivity index (χ1) is 6.15. The molecule has 1 aromatic rings. The van der Waals surface area contributed by atoms with E-state index >= 15 is 0 Å². The van der Waals surface area contributed by atoms with Crippen LogP contribution >= 0.6 is 35.6 Å². The Morgan fingerprint density at radius 2 is 2.00 bits per heavy atom. The minimum absolute atomic E-state index is 0. The maximum atomic E-state index is 12.0. The fraction of sp³-hybridized carbons (Fsp3) is 0.333. The van der Waals surface area contributed by atoms with Gasteiger partial charge in [0, 0.05) is 16.1 Å². The van der Waals surface area contributed by atoms with E-state index in [9.17, 15) is 4.39 Å². The highest BCUT2D eigenvalue weighted by Crippen LogP contribution is 2.26. The molecule has 1 rings (SSSR count). The molecular formula is C9H11Cl3FN. The van der Waals surface area contributed by atoms with Crippen LogP contribution < -0.4 is 5.73 Å². The van der Waals surface area contributed by atoms with Crippen LogP contribution in [-0.2, 0) is 0 Å². The van der Waals surface area contributed by atoms with Gasteiger partial charge in [0.05, 0.1) is 6.67 Å². The minimum atomic E-state index is -0.454. The standard InChI is InChI=1S/C9H10Cl2FN.ClH/c10-6-1-2-8(11)7(5-6)9(13)3-4-12;/h1-2,5,9H,3-4,13H2;1H/t9-;/m1./s1. The molecule has 0 aliphatic carbocycles. The summed E-state index contributed by atoms with van der Waals surface area (Å²) in [5.74, 6) is 0. The Morgan fingerprint density at radius 1 is 1.36 bits per heavy atom. The summed E-state index contributed by atoms with van der Waals surface area (Å²) in [5, 5.41) is 1.10. The quantitative estimate of drug-likeness (QED) is 0.877. The van der Waals surface area contributed by atoms with E-state index < -0.39 is 6.67 Å². The molecule has 0 heterocycles. The summed E-state index contributed by atoms with van der Waals surface area (Å²) in [6.45, 7) is -0.454. The van der Waals surface area contributed by atoms with Crippen molar-refractivity contribution in [2.24, 2.45) is 5.73 Å². The second-order valence-electron chi connectivity index (χ2n) is 2.75. The normalized spacial score (nSPS) is 12.0. The number of alkyl halides is 1. The predicted octanol–water partition coefficient (Wildman–Crippen LogP) is 3.77. The lowest BCUT2D eigenvalue weighted by molar-refractivity contribution is 0.442. The third kappa shape index (κ3) is 3.62. The Bertz CT molecular complexity index is 293. The van der Waals surface area contributed by atoms with E-state index in [1.54, 1.807) is 18.2 Å². The Balaban J connectivity index is 0.00000169. The van der Waals surface area contributed by atoms with Crippen LogP contribution in [0.4, 0.5) is 4.39 Å². The number of hydrogen-bond donors (Lipinski definition) is 1. The SMILES string of the molecule is Cl.N[C@H](CCF)c1cc(Cl)ccc1Cl. The molecule has 0 saturated heterocycles. The van der Waals surface area contributed by atoms with Gasteiger partial charge >= 0.3 is 0 Å². The van der Waals surface area contributed by atoms with E-state index in [0.717, 1.165) is 0 Å². The largest absolute Gasteiger partial charge is 0.324 e. The highest BCUT2D eigenvalue weighted by Gasteiger charge is 2.10. The molecule has 0 unspecified atom stereocenters. The van der Waals surface area contributed by atoms with E-state index in [2.05, 4.69) is 0 Å². The van der Waals surface area contributed by atoms with E-state index in [0.29, 0.717) is 15.6 Å². The first kappa shape index (κ1) is 14.0. The molecular weight excluding hydrogens is 247 g/mol. The molecule has 5 heteroatoms. The Kier molecular flexibility index (Phi) is 6.45. The van der Waals surface area contributed by atoms with Crippen LogP contribution in [0, 0.1) is 0 Å². The van der Waals surface area contributed by atoms with Crippen molar-refractivity contribution < 1.29 is 4.39 Å². The van der Waals surface area contributed by atoms with Gasteiger partial charge in [-0.15, -0.1) is 12.4 Å². The van der Waals surface area contributed by atoms with Gasteiger partial charge in [-0.3, -0.25) is 4.39 Å². The lowest BCUT2D eigenvalue weighted by atomic mass is 10.1. The van der Waals surface area contributed by atoms with Gasteiger partial charge in [-0.1, -0.05) is 23.2 Å². The topological polar surface area (TPSA) is 26.0 Å². The van der Waals surface area contributed by atoms with Gasteiger partial charge in [-0.2, -0.15) is 0 Å². The first-order valence-electron chi connectivity index (χ1n) is 3.91. The summed E-state index contributed by atoms with van der Waals surface area (Å²) < 4.78 is 12.0. The smallest absolute Gasteiger partial charge is 0.0912 e. The molecule has 0 spiro atoms. The highest BCUT2D eigenvalue weighted by molar-refractivity contribution is 6.33. The maximum Gasteiger partial charge on any atom is 0.0912 e. The van der Waals surface area contributed by atoms with Crippen LogP contribution in [0.1, 0.15) is 18.0 Å². The van der Waals surface area contributed by atoms with Crippen LogP contribution in [0.5, 0.6) is 0 Å². The Morgan fingerprint density at radius 3 is 2.57 bits per heavy atom. The molecule has 0 aliphatic heterocycles. The lowest BCUT2D eigenvalue weighted by Gasteiger charge is -2.11. The van der Waals surface area contributed by atoms with Gasteiger partial charge in [0.25, 0.3) is 0 Å². The first-order valence-corrected chi connectivity index (χ1v) is 4.67. The molecule has 1 atom stereocenters. The van der Waals surface area contributed by atoms with Crippen molar-refractivity contribution in [3.8, 4) is 0 Å². The molecule has 1 nitrogen and oxygen atoms in total. The van der Waals surface area contributed by atoms with Crippen molar-refractivity contribution in [1.29, 1.82) is 0 Å². The second-order valence-corrected chi connectivity index (χ2v) is 3.59.